The van der Waals surface area contributed by atoms with Crippen LogP contribution >= 0.6 is 15.9 Å². The average molecular weight is 332 g/mol. The predicted molar refractivity (Wildman–Crippen MR) is 66.9 cm³/mol. The highest BCUT2D eigenvalue weighted by Crippen LogP contribution is 2.27. The van der Waals surface area contributed by atoms with Gasteiger partial charge in [0, 0.05) is 23.7 Å². The average Bonchev–Trinajstić information content (AvgIpc) is 2.39. The number of rotatable bonds is 3. The van der Waals surface area contributed by atoms with Crippen molar-refractivity contribution in [2.75, 3.05) is 0 Å². The Labute approximate surface area is 116 Å². The molecule has 0 radical (unpaired) electrons. The van der Waals surface area contributed by atoms with E-state index in [1.54, 1.807) is 0 Å². The molecule has 1 atom stereocenters. The molecular weight excluding hydrogens is 323 g/mol. The maximum absolute atomic E-state index is 13.7. The quantitative estimate of drug-likeness (QED) is 0.873. The van der Waals surface area contributed by atoms with Crippen molar-refractivity contribution in [3.63, 3.8) is 0 Å². The second-order valence-corrected chi connectivity index (χ2v) is 4.79. The molecule has 2 rings (SSSR count). The van der Waals surface area contributed by atoms with Gasteiger partial charge in [0.25, 0.3) is 0 Å². The molecule has 0 aliphatic carbocycles. The molecule has 0 aliphatic heterocycles. The first-order chi connectivity index (χ1) is 9.00. The standard InChI is InChI=1S/C13H9BrF3NO/c14-9-1-2-10(15)8(13(9)17)5-12(19)7-3-4-18-6-11(7)16/h1-4,6,12,19H,5H2. The lowest BCUT2D eigenvalue weighted by molar-refractivity contribution is 0.170. The van der Waals surface area contributed by atoms with Crippen LogP contribution in [-0.2, 0) is 6.42 Å². The Balaban J connectivity index is 2.32. The number of hydrogen-bond acceptors (Lipinski definition) is 2. The molecular formula is C13H9BrF3NO. The van der Waals surface area contributed by atoms with Gasteiger partial charge in [0.2, 0.25) is 0 Å². The van der Waals surface area contributed by atoms with Crippen LogP contribution in [0.1, 0.15) is 17.2 Å². The molecule has 6 heteroatoms. The Hall–Kier alpha value is -1.40. The molecule has 2 aromatic rings. The highest BCUT2D eigenvalue weighted by atomic mass is 79.9. The number of aliphatic hydroxyl groups excluding tert-OH is 1. The molecule has 1 heterocycles. The van der Waals surface area contributed by atoms with Crippen LogP contribution in [0.4, 0.5) is 13.2 Å². The van der Waals surface area contributed by atoms with E-state index in [1.165, 1.54) is 18.3 Å². The maximum Gasteiger partial charge on any atom is 0.147 e. The van der Waals surface area contributed by atoms with Gasteiger partial charge in [-0.15, -0.1) is 0 Å². The summed E-state index contributed by atoms with van der Waals surface area (Å²) in [4.78, 5) is 3.54. The van der Waals surface area contributed by atoms with Crippen molar-refractivity contribution >= 4 is 15.9 Å². The number of nitrogens with zero attached hydrogens (tertiary/aromatic N) is 1. The molecule has 1 aromatic carbocycles. The van der Waals surface area contributed by atoms with Crippen LogP contribution in [-0.4, -0.2) is 10.1 Å². The van der Waals surface area contributed by atoms with Crippen molar-refractivity contribution in [1.29, 1.82) is 0 Å². The lowest BCUT2D eigenvalue weighted by Gasteiger charge is -2.13. The number of pyridine rings is 1. The SMILES string of the molecule is OC(Cc1c(F)ccc(Br)c1F)c1ccncc1F. The van der Waals surface area contributed by atoms with Crippen LogP contribution < -0.4 is 0 Å². The second-order valence-electron chi connectivity index (χ2n) is 3.94. The van der Waals surface area contributed by atoms with Crippen LogP contribution in [0.15, 0.2) is 35.1 Å². The van der Waals surface area contributed by atoms with Gasteiger partial charge in [0.1, 0.15) is 17.5 Å². The summed E-state index contributed by atoms with van der Waals surface area (Å²) in [7, 11) is 0. The molecule has 0 spiro atoms. The fraction of sp³-hybridized carbons (Fsp3) is 0.154. The predicted octanol–water partition coefficient (Wildman–Crippen LogP) is 3.54. The van der Waals surface area contributed by atoms with E-state index in [2.05, 4.69) is 20.9 Å². The van der Waals surface area contributed by atoms with Crippen molar-refractivity contribution in [1.82, 2.24) is 4.98 Å². The van der Waals surface area contributed by atoms with E-state index < -0.39 is 23.6 Å². The largest absolute Gasteiger partial charge is 0.388 e. The summed E-state index contributed by atoms with van der Waals surface area (Å²) in [5.41, 5.74) is -0.341. The van der Waals surface area contributed by atoms with Gasteiger partial charge in [-0.3, -0.25) is 4.98 Å². The summed E-state index contributed by atoms with van der Waals surface area (Å²) in [5, 5.41) is 9.88. The minimum absolute atomic E-state index is 0.0474. The zero-order valence-electron chi connectivity index (χ0n) is 9.58. The van der Waals surface area contributed by atoms with E-state index in [9.17, 15) is 18.3 Å². The molecule has 2 nitrogen and oxygen atoms in total. The van der Waals surface area contributed by atoms with E-state index in [1.807, 2.05) is 0 Å². The number of aliphatic hydroxyl groups is 1. The van der Waals surface area contributed by atoms with Crippen LogP contribution in [0.2, 0.25) is 0 Å². The third-order valence-corrected chi connectivity index (χ3v) is 3.31. The fourth-order valence-corrected chi connectivity index (χ4v) is 2.09. The van der Waals surface area contributed by atoms with Gasteiger partial charge in [-0.2, -0.15) is 0 Å². The van der Waals surface area contributed by atoms with Crippen molar-refractivity contribution in [2.24, 2.45) is 0 Å². The van der Waals surface area contributed by atoms with Crippen LogP contribution in [0.25, 0.3) is 0 Å². The van der Waals surface area contributed by atoms with E-state index in [0.717, 1.165) is 12.3 Å². The van der Waals surface area contributed by atoms with Crippen molar-refractivity contribution in [3.05, 3.63) is 63.6 Å². The maximum atomic E-state index is 13.7. The lowest BCUT2D eigenvalue weighted by Crippen LogP contribution is -2.08. The molecule has 0 saturated carbocycles. The first kappa shape index (κ1) is 14.0. The van der Waals surface area contributed by atoms with Gasteiger partial charge in [-0.1, -0.05) is 0 Å². The number of aromatic nitrogens is 1. The Morgan fingerprint density at radius 2 is 1.89 bits per heavy atom. The summed E-state index contributed by atoms with van der Waals surface area (Å²) in [5.74, 6) is -2.30. The molecule has 1 N–H and O–H groups in total. The topological polar surface area (TPSA) is 33.1 Å². The van der Waals surface area contributed by atoms with Crippen LogP contribution in [0.5, 0.6) is 0 Å². The first-order valence-electron chi connectivity index (χ1n) is 5.40. The Morgan fingerprint density at radius 1 is 1.16 bits per heavy atom. The van der Waals surface area contributed by atoms with Crippen LogP contribution in [0.3, 0.4) is 0 Å². The Bertz CT molecular complexity index is 606. The third kappa shape index (κ3) is 2.96. The summed E-state index contributed by atoms with van der Waals surface area (Å²) in [6.45, 7) is 0. The molecule has 0 bridgehead atoms. The zero-order valence-corrected chi connectivity index (χ0v) is 11.2. The molecule has 0 aliphatic rings. The van der Waals surface area contributed by atoms with E-state index in [0.29, 0.717) is 0 Å². The highest BCUT2D eigenvalue weighted by Gasteiger charge is 2.19. The monoisotopic (exact) mass is 331 g/mol. The molecule has 0 amide bonds. The number of benzene rings is 1. The van der Waals surface area contributed by atoms with E-state index in [4.69, 9.17) is 0 Å². The molecule has 0 saturated heterocycles. The number of hydrogen-bond donors (Lipinski definition) is 1. The third-order valence-electron chi connectivity index (χ3n) is 2.70. The molecule has 19 heavy (non-hydrogen) atoms. The fourth-order valence-electron chi connectivity index (χ4n) is 1.72. The van der Waals surface area contributed by atoms with Crippen molar-refractivity contribution in [2.45, 2.75) is 12.5 Å². The lowest BCUT2D eigenvalue weighted by atomic mass is 10.0. The van der Waals surface area contributed by atoms with Gasteiger partial charge < -0.3 is 5.11 Å². The summed E-state index contributed by atoms with van der Waals surface area (Å²) < 4.78 is 40.8. The number of halogens is 4. The Kier molecular flexibility index (Phi) is 4.21. The van der Waals surface area contributed by atoms with E-state index in [-0.39, 0.29) is 22.0 Å². The van der Waals surface area contributed by atoms with Gasteiger partial charge >= 0.3 is 0 Å². The minimum Gasteiger partial charge on any atom is -0.388 e. The van der Waals surface area contributed by atoms with Crippen molar-refractivity contribution in [3.8, 4) is 0 Å². The second kappa shape index (κ2) is 5.71. The first-order valence-corrected chi connectivity index (χ1v) is 6.20. The molecule has 1 aromatic heterocycles. The Morgan fingerprint density at radius 3 is 2.58 bits per heavy atom. The summed E-state index contributed by atoms with van der Waals surface area (Å²) in [6, 6.07) is 3.58. The summed E-state index contributed by atoms with van der Waals surface area (Å²) in [6.07, 6.45) is 0.528. The van der Waals surface area contributed by atoms with E-state index >= 15 is 0 Å². The summed E-state index contributed by atoms with van der Waals surface area (Å²) >= 11 is 2.93. The zero-order chi connectivity index (χ0) is 14.0. The van der Waals surface area contributed by atoms with Gasteiger partial charge in [-0.05, 0) is 34.1 Å². The van der Waals surface area contributed by atoms with Gasteiger partial charge in [0.15, 0.2) is 0 Å². The highest BCUT2D eigenvalue weighted by molar-refractivity contribution is 9.10. The van der Waals surface area contributed by atoms with Crippen LogP contribution in [0, 0.1) is 17.5 Å². The van der Waals surface area contributed by atoms with Gasteiger partial charge in [0.05, 0.1) is 16.8 Å². The molecule has 0 fully saturated rings. The molecule has 100 valence electrons. The molecule has 1 unspecified atom stereocenters. The smallest absolute Gasteiger partial charge is 0.147 e. The van der Waals surface area contributed by atoms with Crippen molar-refractivity contribution < 1.29 is 18.3 Å². The normalized spacial score (nSPS) is 12.5. The van der Waals surface area contributed by atoms with Gasteiger partial charge in [-0.25, -0.2) is 13.2 Å². The minimum atomic E-state index is -1.35.